The number of ether oxygens (including phenoxy) is 1. The number of aromatic hydroxyl groups is 1. The number of amides is 2. The topological polar surface area (TPSA) is 101 Å². The summed E-state index contributed by atoms with van der Waals surface area (Å²) in [6.07, 6.45) is 5.57. The fourth-order valence-electron chi connectivity index (χ4n) is 6.69. The number of hydrogen-bond acceptors (Lipinski definition) is 6. The standard InChI is InChI=1S/C32H27NO6/c1-4-17-5-7-18(8-6-17)33-31(37)22-12-11-20-23(28(22)32(33)38)15-24-29(25(35)13-16(2)30(24)36)27(20)21-10-9-19(34)14-26(21)39-3/h4-11,13-14,22-23,27-28,34H,1,12,15H2,2-3H3. The minimum absolute atomic E-state index is 0.00585. The number of allylic oxidation sites excluding steroid dienone is 6. The monoisotopic (exact) mass is 521 g/mol. The zero-order valence-electron chi connectivity index (χ0n) is 21.6. The maximum Gasteiger partial charge on any atom is 0.238 e. The van der Waals surface area contributed by atoms with Crippen LogP contribution >= 0.6 is 0 Å². The van der Waals surface area contributed by atoms with E-state index in [1.165, 1.54) is 30.2 Å². The van der Waals surface area contributed by atoms with E-state index in [9.17, 15) is 24.3 Å². The highest BCUT2D eigenvalue weighted by atomic mass is 16.5. The average molecular weight is 522 g/mol. The molecule has 4 aliphatic rings. The second kappa shape index (κ2) is 9.05. The third-order valence-corrected chi connectivity index (χ3v) is 8.48. The van der Waals surface area contributed by atoms with E-state index in [4.69, 9.17) is 4.74 Å². The smallest absolute Gasteiger partial charge is 0.238 e. The third-order valence-electron chi connectivity index (χ3n) is 8.48. The van der Waals surface area contributed by atoms with E-state index in [0.29, 0.717) is 40.1 Å². The molecule has 6 rings (SSSR count). The molecule has 2 aromatic carbocycles. The van der Waals surface area contributed by atoms with Gasteiger partial charge in [-0.15, -0.1) is 0 Å². The van der Waals surface area contributed by atoms with E-state index in [1.54, 1.807) is 43.3 Å². The van der Waals surface area contributed by atoms with Crippen molar-refractivity contribution < 1.29 is 29.0 Å². The molecule has 39 heavy (non-hydrogen) atoms. The number of nitrogens with zero attached hydrogens (tertiary/aromatic N) is 1. The molecule has 1 aliphatic heterocycles. The molecule has 1 N–H and O–H groups in total. The van der Waals surface area contributed by atoms with Crippen LogP contribution in [0.5, 0.6) is 11.5 Å². The molecule has 0 bridgehead atoms. The lowest BCUT2D eigenvalue weighted by molar-refractivity contribution is -0.123. The van der Waals surface area contributed by atoms with Crippen LogP contribution in [0.2, 0.25) is 0 Å². The Labute approximate surface area is 225 Å². The van der Waals surface area contributed by atoms with Gasteiger partial charge in [-0.2, -0.15) is 0 Å². The van der Waals surface area contributed by atoms with Gasteiger partial charge in [0.25, 0.3) is 0 Å². The van der Waals surface area contributed by atoms with Crippen LogP contribution in [0.3, 0.4) is 0 Å². The zero-order chi connectivity index (χ0) is 27.6. The van der Waals surface area contributed by atoms with Crippen LogP contribution in [0, 0.1) is 17.8 Å². The highest BCUT2D eigenvalue weighted by molar-refractivity contribution is 6.25. The average Bonchev–Trinajstić information content (AvgIpc) is 3.20. The van der Waals surface area contributed by atoms with Crippen molar-refractivity contribution in [3.8, 4) is 11.5 Å². The van der Waals surface area contributed by atoms with E-state index in [1.807, 2.05) is 6.08 Å². The van der Waals surface area contributed by atoms with Crippen molar-refractivity contribution in [2.75, 3.05) is 12.0 Å². The third kappa shape index (κ3) is 3.64. The number of ketones is 2. The summed E-state index contributed by atoms with van der Waals surface area (Å²) in [6, 6.07) is 11.8. The predicted octanol–water partition coefficient (Wildman–Crippen LogP) is 4.68. The van der Waals surface area contributed by atoms with Gasteiger partial charge < -0.3 is 9.84 Å². The lowest BCUT2D eigenvalue weighted by Gasteiger charge is -2.42. The van der Waals surface area contributed by atoms with E-state index < -0.39 is 23.7 Å². The highest BCUT2D eigenvalue weighted by Crippen LogP contribution is 2.56. The number of fused-ring (bicyclic) bond motifs is 3. The first-order chi connectivity index (χ1) is 18.7. The SMILES string of the molecule is C=Cc1ccc(N2C(=O)C3CC=C4C(c5ccc(O)cc5OC)C5=C(CC4C3C2=O)C(=O)C(C)=CC5=O)cc1. The van der Waals surface area contributed by atoms with Crippen molar-refractivity contribution in [3.63, 3.8) is 0 Å². The maximum absolute atomic E-state index is 14.0. The molecule has 2 aromatic rings. The number of rotatable bonds is 4. The summed E-state index contributed by atoms with van der Waals surface area (Å²) in [4.78, 5) is 55.6. The molecule has 7 heteroatoms. The number of hydrogen-bond donors (Lipinski definition) is 1. The maximum atomic E-state index is 14.0. The van der Waals surface area contributed by atoms with Gasteiger partial charge in [0.1, 0.15) is 11.5 Å². The summed E-state index contributed by atoms with van der Waals surface area (Å²) in [6.45, 7) is 5.37. The molecule has 1 heterocycles. The van der Waals surface area contributed by atoms with Crippen molar-refractivity contribution in [1.82, 2.24) is 0 Å². The first kappa shape index (κ1) is 24.8. The van der Waals surface area contributed by atoms with Crippen LogP contribution in [0.1, 0.15) is 36.8 Å². The highest BCUT2D eigenvalue weighted by Gasteiger charge is 2.56. The van der Waals surface area contributed by atoms with Gasteiger partial charge in [-0.3, -0.25) is 24.1 Å². The largest absolute Gasteiger partial charge is 0.508 e. The summed E-state index contributed by atoms with van der Waals surface area (Å²) < 4.78 is 5.58. The van der Waals surface area contributed by atoms with E-state index in [-0.39, 0.29) is 35.6 Å². The number of methoxy groups -OCH3 is 1. The van der Waals surface area contributed by atoms with Gasteiger partial charge in [0, 0.05) is 34.3 Å². The fraction of sp³-hybridized carbons (Fsp3) is 0.250. The Hall–Kier alpha value is -4.52. The summed E-state index contributed by atoms with van der Waals surface area (Å²) in [5, 5.41) is 10.1. The number of benzene rings is 2. The minimum atomic E-state index is -0.662. The van der Waals surface area contributed by atoms with Crippen LogP contribution in [0.15, 0.2) is 83.5 Å². The summed E-state index contributed by atoms with van der Waals surface area (Å²) in [7, 11) is 1.48. The number of anilines is 1. The molecule has 4 unspecified atom stereocenters. The van der Waals surface area contributed by atoms with E-state index >= 15 is 0 Å². The first-order valence-electron chi connectivity index (χ1n) is 12.9. The van der Waals surface area contributed by atoms with E-state index in [0.717, 1.165) is 11.1 Å². The van der Waals surface area contributed by atoms with Gasteiger partial charge in [0.2, 0.25) is 11.8 Å². The zero-order valence-corrected chi connectivity index (χ0v) is 21.6. The number of imide groups is 1. The lowest BCUT2D eigenvalue weighted by atomic mass is 9.59. The summed E-state index contributed by atoms with van der Waals surface area (Å²) in [5.41, 5.74) is 3.95. The van der Waals surface area contributed by atoms with Gasteiger partial charge in [-0.05, 0) is 55.5 Å². The van der Waals surface area contributed by atoms with Gasteiger partial charge in [-0.25, -0.2) is 0 Å². The number of Topliss-reactive ketones (excluding diaryl/α,β-unsaturated/α-hetero) is 1. The molecule has 196 valence electrons. The van der Waals surface area contributed by atoms with Crippen molar-refractivity contribution >= 4 is 35.1 Å². The Bertz CT molecular complexity index is 1570. The molecule has 0 spiro atoms. The lowest BCUT2D eigenvalue weighted by Crippen LogP contribution is -2.39. The second-order valence-electron chi connectivity index (χ2n) is 10.5. The number of carbonyl (C=O) groups excluding carboxylic acids is 4. The fourth-order valence-corrected chi connectivity index (χ4v) is 6.69. The summed E-state index contributed by atoms with van der Waals surface area (Å²) in [5.74, 6) is -2.94. The molecule has 0 saturated carbocycles. The van der Waals surface area contributed by atoms with Crippen LogP contribution in [-0.4, -0.2) is 35.6 Å². The van der Waals surface area contributed by atoms with Gasteiger partial charge in [-0.1, -0.05) is 42.5 Å². The minimum Gasteiger partial charge on any atom is -0.508 e. The van der Waals surface area contributed by atoms with Gasteiger partial charge in [0.15, 0.2) is 11.6 Å². The van der Waals surface area contributed by atoms with Crippen molar-refractivity contribution in [2.24, 2.45) is 17.8 Å². The molecule has 0 radical (unpaired) electrons. The molecule has 7 nitrogen and oxygen atoms in total. The molecule has 2 amide bonds. The molecule has 3 aliphatic carbocycles. The van der Waals surface area contributed by atoms with Gasteiger partial charge >= 0.3 is 0 Å². The quantitative estimate of drug-likeness (QED) is 0.356. The molecule has 4 atom stereocenters. The predicted molar refractivity (Wildman–Crippen MR) is 145 cm³/mol. The Morgan fingerprint density at radius 3 is 2.46 bits per heavy atom. The Kier molecular flexibility index (Phi) is 5.75. The molecular weight excluding hydrogens is 494 g/mol. The Morgan fingerprint density at radius 1 is 1.03 bits per heavy atom. The van der Waals surface area contributed by atoms with Crippen molar-refractivity contribution in [1.29, 1.82) is 0 Å². The van der Waals surface area contributed by atoms with Crippen molar-refractivity contribution in [3.05, 3.63) is 94.6 Å². The molecule has 1 saturated heterocycles. The van der Waals surface area contributed by atoms with E-state index in [2.05, 4.69) is 6.58 Å². The number of phenolic OH excluding ortho intramolecular Hbond substituents is 1. The Balaban J connectivity index is 1.49. The Morgan fingerprint density at radius 2 is 1.77 bits per heavy atom. The molecule has 0 aromatic heterocycles. The molecular formula is C32H27NO6. The van der Waals surface area contributed by atoms with Crippen LogP contribution in [-0.2, 0) is 19.2 Å². The van der Waals surface area contributed by atoms with Crippen LogP contribution in [0.4, 0.5) is 5.69 Å². The van der Waals surface area contributed by atoms with Gasteiger partial charge in [0.05, 0.1) is 24.6 Å². The van der Waals surface area contributed by atoms with Crippen LogP contribution in [0.25, 0.3) is 6.08 Å². The first-order valence-corrected chi connectivity index (χ1v) is 12.9. The second-order valence-corrected chi connectivity index (χ2v) is 10.5. The van der Waals surface area contributed by atoms with Crippen LogP contribution < -0.4 is 9.64 Å². The van der Waals surface area contributed by atoms with Crippen molar-refractivity contribution in [2.45, 2.75) is 25.7 Å². The summed E-state index contributed by atoms with van der Waals surface area (Å²) >= 11 is 0. The number of carbonyl (C=O) groups is 4. The molecule has 1 fully saturated rings. The number of phenols is 1. The normalized spacial score (nSPS) is 26.1.